The van der Waals surface area contributed by atoms with E-state index in [9.17, 15) is 19.2 Å². The summed E-state index contributed by atoms with van der Waals surface area (Å²) in [5.74, 6) is -2.34. The molecule has 0 radical (unpaired) electrons. The van der Waals surface area contributed by atoms with Crippen molar-refractivity contribution in [1.29, 1.82) is 0 Å². The third-order valence-electron chi connectivity index (χ3n) is 16.3. The molecule has 3 fully saturated rings. The molecule has 3 heterocycles. The molecule has 0 bridgehead atoms. The van der Waals surface area contributed by atoms with Crippen LogP contribution < -0.4 is 16.0 Å². The van der Waals surface area contributed by atoms with Crippen molar-refractivity contribution >= 4 is 23.9 Å². The van der Waals surface area contributed by atoms with E-state index in [0.717, 1.165) is 44.5 Å². The van der Waals surface area contributed by atoms with E-state index < -0.39 is 110 Å². The second-order valence-electron chi connectivity index (χ2n) is 22.5. The van der Waals surface area contributed by atoms with Crippen LogP contribution in [0.2, 0.25) is 0 Å². The molecule has 1 aliphatic carbocycles. The summed E-state index contributed by atoms with van der Waals surface area (Å²) in [5.41, 5.74) is 8.35. The summed E-state index contributed by atoms with van der Waals surface area (Å²) >= 11 is 0. The van der Waals surface area contributed by atoms with Gasteiger partial charge in [0.25, 0.3) is 0 Å². The number of esters is 1. The summed E-state index contributed by atoms with van der Waals surface area (Å²) in [7, 11) is 1.19. The first-order valence-electron chi connectivity index (χ1n) is 30.3. The molecule has 90 heavy (non-hydrogen) atoms. The number of ether oxygens (including phenoxy) is 12. The molecule has 3 aliphatic heterocycles. The number of nitrogens with one attached hydrogen (secondary N) is 3. The lowest BCUT2D eigenvalue weighted by Crippen LogP contribution is -2.70. The predicted molar refractivity (Wildman–Crippen MR) is 329 cm³/mol. The third kappa shape index (κ3) is 16.0. The smallest absolute Gasteiger partial charge is 0.407 e. The second kappa shape index (κ2) is 31.0. The summed E-state index contributed by atoms with van der Waals surface area (Å²) in [6.07, 6.45) is -12.8. The van der Waals surface area contributed by atoms with Crippen LogP contribution in [0, 0.1) is 0 Å². The average Bonchev–Trinajstić information content (AvgIpc) is 1.20. The van der Waals surface area contributed by atoms with Crippen LogP contribution in [0.3, 0.4) is 0 Å². The van der Waals surface area contributed by atoms with Gasteiger partial charge >= 0.3 is 12.1 Å². The summed E-state index contributed by atoms with van der Waals surface area (Å²) in [5, 5.41) is 8.30. The van der Waals surface area contributed by atoms with Crippen LogP contribution >= 0.6 is 0 Å². The van der Waals surface area contributed by atoms with Gasteiger partial charge in [0, 0.05) is 18.4 Å². The number of hydrogen-bond donors (Lipinski definition) is 3. The molecule has 0 spiro atoms. The molecule has 13 atom stereocenters. The van der Waals surface area contributed by atoms with Crippen molar-refractivity contribution in [2.45, 2.75) is 126 Å². The minimum atomic E-state index is -1.53. The van der Waals surface area contributed by atoms with Crippen molar-refractivity contribution in [1.82, 2.24) is 16.0 Å². The van der Waals surface area contributed by atoms with Crippen LogP contribution in [0.4, 0.5) is 4.79 Å². The summed E-state index contributed by atoms with van der Waals surface area (Å²) in [6, 6.07) is 61.4. The van der Waals surface area contributed by atoms with E-state index in [2.05, 4.69) is 16.0 Å². The monoisotopic (exact) mass is 1230 g/mol. The van der Waals surface area contributed by atoms with Crippen LogP contribution in [0.5, 0.6) is 0 Å². The number of carbonyl (C=O) groups excluding carboxylic acids is 4. The molecule has 3 saturated heterocycles. The maximum absolute atomic E-state index is 14.4. The minimum Gasteiger partial charge on any atom is -0.468 e. The van der Waals surface area contributed by atoms with Crippen LogP contribution in [0.25, 0.3) is 11.1 Å². The lowest BCUT2D eigenvalue weighted by Gasteiger charge is -2.52. The van der Waals surface area contributed by atoms with Crippen LogP contribution in [0.1, 0.15) is 65.0 Å². The molecule has 11 rings (SSSR count). The van der Waals surface area contributed by atoms with E-state index in [4.69, 9.17) is 56.8 Å². The van der Waals surface area contributed by atoms with Crippen molar-refractivity contribution in [2.24, 2.45) is 0 Å². The number of rotatable bonds is 26. The molecule has 7 aromatic rings. The van der Waals surface area contributed by atoms with E-state index in [-0.39, 0.29) is 52.2 Å². The number of hydrogen-bond acceptors (Lipinski definition) is 16. The first-order chi connectivity index (χ1) is 44.1. The summed E-state index contributed by atoms with van der Waals surface area (Å²) in [6.45, 7) is 2.92. The predicted octanol–water partition coefficient (Wildman–Crippen LogP) is 9.01. The highest BCUT2D eigenvalue weighted by molar-refractivity contribution is 5.89. The molecule has 0 aromatic heterocycles. The van der Waals surface area contributed by atoms with Gasteiger partial charge in [0.1, 0.15) is 68.0 Å². The van der Waals surface area contributed by atoms with Gasteiger partial charge in [-0.1, -0.05) is 200 Å². The zero-order valence-electron chi connectivity index (χ0n) is 50.3. The summed E-state index contributed by atoms with van der Waals surface area (Å²) < 4.78 is 80.0. The number of methoxy groups -OCH3 is 1. The van der Waals surface area contributed by atoms with Gasteiger partial charge in [-0.15, -0.1) is 0 Å². The molecule has 3 amide bonds. The molecule has 19 nitrogen and oxygen atoms in total. The number of amides is 3. The highest BCUT2D eigenvalue weighted by atomic mass is 16.8. The zero-order chi connectivity index (χ0) is 62.2. The van der Waals surface area contributed by atoms with Gasteiger partial charge in [0.2, 0.25) is 11.8 Å². The van der Waals surface area contributed by atoms with Crippen LogP contribution in [-0.2, 0) is 97.7 Å². The van der Waals surface area contributed by atoms with Gasteiger partial charge in [-0.2, -0.15) is 0 Å². The van der Waals surface area contributed by atoms with Gasteiger partial charge in [-0.3, -0.25) is 14.4 Å². The van der Waals surface area contributed by atoms with Gasteiger partial charge in [0.15, 0.2) is 18.9 Å². The van der Waals surface area contributed by atoms with E-state index in [0.29, 0.717) is 5.56 Å². The maximum atomic E-state index is 14.4. The Balaban J connectivity index is 0.939. The Kier molecular flexibility index (Phi) is 21.9. The minimum absolute atomic E-state index is 0.0134. The lowest BCUT2D eigenvalue weighted by molar-refractivity contribution is -0.386. The topological polar surface area (TPSA) is 215 Å². The fourth-order valence-corrected chi connectivity index (χ4v) is 11.8. The standard InChI is InChI=1S/C71H75N3O16/c1-45(60(67(77)72-37-59(76)79-3)74-71(78)85-42-56-54-35-21-19-33-52(54)53-34-20-22-36-55(53)56)86-69-61(73-46(2)75)64(63-58(87-69)44-84-68(89-63)51-31-17-8-18-32-51)90-70-66(83-41-50-29-15-7-16-30-50)65(82-40-49-27-13-6-14-28-49)62(81-39-48-25-11-5-12-26-48)57(88-70)43-80-38-47-23-9-4-10-24-47/h4-36,45,56-58,60-66,68-70H,37-44H2,1-3H3,(H,72,77)(H,73,75)(H,74,78)/t45-,57-,58-,60+,61-,62+,63+,64-,65+,66-,68?,69+,70+/m1/s1. The number of alkyl carbamates (subject to hydrolysis) is 1. The fraction of sp³-hybridized carbons (Fsp3) is 0.352. The van der Waals surface area contributed by atoms with Crippen molar-refractivity contribution in [3.05, 3.63) is 239 Å². The largest absolute Gasteiger partial charge is 0.468 e. The van der Waals surface area contributed by atoms with Gasteiger partial charge in [0.05, 0.1) is 52.9 Å². The molecule has 19 heteroatoms. The first-order valence-corrected chi connectivity index (χ1v) is 30.3. The van der Waals surface area contributed by atoms with Crippen LogP contribution in [0.15, 0.2) is 200 Å². The number of benzene rings is 7. The quantitative estimate of drug-likeness (QED) is 0.0431. The Hall–Kier alpha value is -8.18. The molecule has 0 saturated carbocycles. The first kappa shape index (κ1) is 63.4. The normalized spacial score (nSPS) is 24.2. The molecule has 470 valence electrons. The van der Waals surface area contributed by atoms with Crippen molar-refractivity contribution in [2.75, 3.05) is 33.5 Å². The number of fused-ring (bicyclic) bond motifs is 4. The maximum Gasteiger partial charge on any atom is 0.407 e. The molecule has 4 aliphatic rings. The highest BCUT2D eigenvalue weighted by Gasteiger charge is 2.57. The molecule has 1 unspecified atom stereocenters. The Morgan fingerprint density at radius 1 is 0.567 bits per heavy atom. The zero-order valence-corrected chi connectivity index (χ0v) is 50.3. The van der Waals surface area contributed by atoms with E-state index in [1.54, 1.807) is 6.92 Å². The van der Waals surface area contributed by atoms with E-state index in [1.807, 2.05) is 200 Å². The Morgan fingerprint density at radius 3 is 1.66 bits per heavy atom. The van der Waals surface area contributed by atoms with Gasteiger partial charge in [-0.25, -0.2) is 4.79 Å². The van der Waals surface area contributed by atoms with Crippen molar-refractivity contribution in [3.63, 3.8) is 0 Å². The van der Waals surface area contributed by atoms with Crippen LogP contribution in [-0.4, -0.2) is 131 Å². The fourth-order valence-electron chi connectivity index (χ4n) is 11.8. The van der Waals surface area contributed by atoms with E-state index >= 15 is 0 Å². The SMILES string of the molecule is COC(=O)CNC(=O)[C@@H](NC(=O)OCC1c2ccccc2-c2ccccc21)[C@@H](C)O[C@H]1O[C@@H]2COC(c3ccccc3)O[C@@H]2[C@H](O[C@@H]2O[C@H](COCc3ccccc3)[C@H](OCc3ccccc3)[C@H](OCc3ccccc3)[C@H]2OCc2ccccc2)[C@H]1NC(C)=O. The van der Waals surface area contributed by atoms with Gasteiger partial charge in [-0.05, 0) is 51.4 Å². The lowest BCUT2D eigenvalue weighted by atomic mass is 9.94. The Bertz CT molecular complexity index is 3380. The van der Waals surface area contributed by atoms with E-state index in [1.165, 1.54) is 14.0 Å². The van der Waals surface area contributed by atoms with Gasteiger partial charge < -0.3 is 72.8 Å². The molecular formula is C71H75N3O16. The van der Waals surface area contributed by atoms with Crippen molar-refractivity contribution < 1.29 is 76.0 Å². The Labute approximate surface area is 523 Å². The molecular weight excluding hydrogens is 1150 g/mol. The molecule has 3 N–H and O–H groups in total. The third-order valence-corrected chi connectivity index (χ3v) is 16.3. The Morgan fingerprint density at radius 2 is 1.09 bits per heavy atom. The second-order valence-corrected chi connectivity index (χ2v) is 22.5. The number of carbonyl (C=O) groups is 4. The highest BCUT2D eigenvalue weighted by Crippen LogP contribution is 2.45. The van der Waals surface area contributed by atoms with Crippen molar-refractivity contribution in [3.8, 4) is 11.1 Å². The molecule has 7 aromatic carbocycles. The summed E-state index contributed by atoms with van der Waals surface area (Å²) in [4.78, 5) is 54.8. The average molecular weight is 1230 g/mol.